The molecular weight excluding hydrogens is 318 g/mol. The van der Waals surface area contributed by atoms with Crippen molar-refractivity contribution in [3.8, 4) is 5.75 Å². The van der Waals surface area contributed by atoms with Crippen LogP contribution in [-0.4, -0.2) is 28.2 Å². The predicted molar refractivity (Wildman–Crippen MR) is 94.5 cm³/mol. The first-order valence-electron chi connectivity index (χ1n) is 7.67. The zero-order valence-corrected chi connectivity index (χ0v) is 13.6. The lowest BCUT2D eigenvalue weighted by Crippen LogP contribution is -2.13. The van der Waals surface area contributed by atoms with Crippen molar-refractivity contribution in [1.29, 1.82) is 0 Å². The van der Waals surface area contributed by atoms with Gasteiger partial charge in [-0.05, 0) is 42.5 Å². The second-order valence-corrected chi connectivity index (χ2v) is 5.16. The highest BCUT2D eigenvalue weighted by Gasteiger charge is 2.08. The van der Waals surface area contributed by atoms with Crippen LogP contribution >= 0.6 is 0 Å². The highest BCUT2D eigenvalue weighted by atomic mass is 16.5. The van der Waals surface area contributed by atoms with Crippen LogP contribution in [0.3, 0.4) is 0 Å². The molecule has 0 unspecified atom stereocenters. The third-order valence-corrected chi connectivity index (χ3v) is 3.41. The zero-order valence-electron chi connectivity index (χ0n) is 13.6. The number of benzene rings is 1. The number of hydrogen-bond donors (Lipinski definition) is 2. The first-order chi connectivity index (χ1) is 12.2. The van der Waals surface area contributed by atoms with Crippen LogP contribution in [0.25, 0.3) is 0 Å². The standard InChI is InChI=1S/C18H17N5O2/c1-25-15-7-4-5-13(11-15)18(24)21-17-9-8-16(22-23-17)20-12-14-6-2-3-10-19-14/h2-11H,12H2,1H3,(H,20,22)(H,21,23,24). The van der Waals surface area contributed by atoms with Gasteiger partial charge in [-0.2, -0.15) is 0 Å². The topological polar surface area (TPSA) is 89.0 Å². The van der Waals surface area contributed by atoms with Crippen LogP contribution < -0.4 is 15.4 Å². The van der Waals surface area contributed by atoms with Gasteiger partial charge in [-0.15, -0.1) is 10.2 Å². The van der Waals surface area contributed by atoms with Gasteiger partial charge < -0.3 is 15.4 Å². The fraction of sp³-hybridized carbons (Fsp3) is 0.111. The van der Waals surface area contributed by atoms with E-state index in [1.807, 2.05) is 18.2 Å². The van der Waals surface area contributed by atoms with E-state index in [1.165, 1.54) is 0 Å². The van der Waals surface area contributed by atoms with Crippen LogP contribution in [0.5, 0.6) is 5.75 Å². The van der Waals surface area contributed by atoms with E-state index >= 15 is 0 Å². The second-order valence-electron chi connectivity index (χ2n) is 5.16. The number of hydrogen-bond acceptors (Lipinski definition) is 6. The Labute approximate surface area is 145 Å². The average Bonchev–Trinajstić information content (AvgIpc) is 2.68. The lowest BCUT2D eigenvalue weighted by molar-refractivity contribution is 0.102. The van der Waals surface area contributed by atoms with Crippen molar-refractivity contribution in [2.75, 3.05) is 17.7 Å². The Morgan fingerprint density at radius 3 is 2.60 bits per heavy atom. The maximum atomic E-state index is 12.2. The SMILES string of the molecule is COc1cccc(C(=O)Nc2ccc(NCc3ccccn3)nn2)c1. The molecule has 0 aliphatic rings. The summed E-state index contributed by atoms with van der Waals surface area (Å²) in [4.78, 5) is 16.4. The van der Waals surface area contributed by atoms with Gasteiger partial charge in [0, 0.05) is 11.8 Å². The summed E-state index contributed by atoms with van der Waals surface area (Å²) in [6, 6.07) is 16.0. The molecule has 0 saturated heterocycles. The van der Waals surface area contributed by atoms with Crippen molar-refractivity contribution in [3.05, 3.63) is 72.1 Å². The van der Waals surface area contributed by atoms with E-state index in [2.05, 4.69) is 25.8 Å². The fourth-order valence-corrected chi connectivity index (χ4v) is 2.13. The van der Waals surface area contributed by atoms with Crippen LogP contribution in [0.1, 0.15) is 16.1 Å². The molecule has 1 aromatic carbocycles. The minimum absolute atomic E-state index is 0.276. The second kappa shape index (κ2) is 7.87. The van der Waals surface area contributed by atoms with Crippen molar-refractivity contribution in [2.45, 2.75) is 6.54 Å². The van der Waals surface area contributed by atoms with Crippen molar-refractivity contribution < 1.29 is 9.53 Å². The number of carbonyl (C=O) groups is 1. The molecule has 25 heavy (non-hydrogen) atoms. The summed E-state index contributed by atoms with van der Waals surface area (Å²) < 4.78 is 5.11. The number of anilines is 2. The Morgan fingerprint density at radius 1 is 1.04 bits per heavy atom. The lowest BCUT2D eigenvalue weighted by atomic mass is 10.2. The summed E-state index contributed by atoms with van der Waals surface area (Å²) >= 11 is 0. The van der Waals surface area contributed by atoms with E-state index in [-0.39, 0.29) is 5.91 Å². The van der Waals surface area contributed by atoms with Crippen LogP contribution in [0.4, 0.5) is 11.6 Å². The number of rotatable bonds is 6. The number of methoxy groups -OCH3 is 1. The first-order valence-corrected chi connectivity index (χ1v) is 7.67. The third-order valence-electron chi connectivity index (χ3n) is 3.41. The van der Waals surface area contributed by atoms with E-state index in [4.69, 9.17) is 4.74 Å². The molecular formula is C18H17N5O2. The summed E-state index contributed by atoms with van der Waals surface area (Å²) in [5, 5.41) is 13.9. The monoisotopic (exact) mass is 335 g/mol. The quantitative estimate of drug-likeness (QED) is 0.720. The fourth-order valence-electron chi connectivity index (χ4n) is 2.13. The number of ether oxygens (including phenoxy) is 1. The molecule has 2 aromatic heterocycles. The number of nitrogens with one attached hydrogen (secondary N) is 2. The molecule has 3 rings (SSSR count). The summed E-state index contributed by atoms with van der Waals surface area (Å²) in [6.07, 6.45) is 1.74. The summed E-state index contributed by atoms with van der Waals surface area (Å²) in [6.45, 7) is 0.547. The van der Waals surface area contributed by atoms with E-state index < -0.39 is 0 Å². The maximum absolute atomic E-state index is 12.2. The maximum Gasteiger partial charge on any atom is 0.256 e. The number of aromatic nitrogens is 3. The molecule has 0 saturated carbocycles. The molecule has 7 heteroatoms. The van der Waals surface area contributed by atoms with Crippen molar-refractivity contribution in [2.24, 2.45) is 0 Å². The van der Waals surface area contributed by atoms with E-state index in [0.717, 1.165) is 5.69 Å². The number of amides is 1. The Balaban J connectivity index is 1.59. The van der Waals surface area contributed by atoms with E-state index in [0.29, 0.717) is 29.5 Å². The zero-order chi connectivity index (χ0) is 17.5. The van der Waals surface area contributed by atoms with Crippen LogP contribution in [0.15, 0.2) is 60.8 Å². The van der Waals surface area contributed by atoms with Crippen LogP contribution in [0.2, 0.25) is 0 Å². The molecule has 0 bridgehead atoms. The van der Waals surface area contributed by atoms with E-state index in [1.54, 1.807) is 49.7 Å². The van der Waals surface area contributed by atoms with Crippen LogP contribution in [0, 0.1) is 0 Å². The molecule has 0 radical (unpaired) electrons. The number of pyridine rings is 1. The highest BCUT2D eigenvalue weighted by Crippen LogP contribution is 2.14. The average molecular weight is 335 g/mol. The molecule has 126 valence electrons. The molecule has 0 spiro atoms. The van der Waals surface area contributed by atoms with Gasteiger partial charge in [0.1, 0.15) is 11.6 Å². The molecule has 2 N–H and O–H groups in total. The molecule has 2 heterocycles. The smallest absolute Gasteiger partial charge is 0.256 e. The van der Waals surface area contributed by atoms with Gasteiger partial charge in [-0.1, -0.05) is 12.1 Å². The Morgan fingerprint density at radius 2 is 1.88 bits per heavy atom. The normalized spacial score (nSPS) is 10.1. The minimum Gasteiger partial charge on any atom is -0.497 e. The van der Waals surface area contributed by atoms with Gasteiger partial charge >= 0.3 is 0 Å². The Bertz CT molecular complexity index is 838. The van der Waals surface area contributed by atoms with Gasteiger partial charge in [-0.25, -0.2) is 0 Å². The van der Waals surface area contributed by atoms with Crippen LogP contribution in [-0.2, 0) is 6.54 Å². The van der Waals surface area contributed by atoms with Crippen molar-refractivity contribution in [1.82, 2.24) is 15.2 Å². The highest BCUT2D eigenvalue weighted by molar-refractivity contribution is 6.03. The van der Waals surface area contributed by atoms with E-state index in [9.17, 15) is 4.79 Å². The molecule has 0 fully saturated rings. The van der Waals surface area contributed by atoms with Crippen molar-refractivity contribution in [3.63, 3.8) is 0 Å². The molecule has 7 nitrogen and oxygen atoms in total. The molecule has 3 aromatic rings. The van der Waals surface area contributed by atoms with Crippen molar-refractivity contribution >= 4 is 17.5 Å². The lowest BCUT2D eigenvalue weighted by Gasteiger charge is -2.07. The summed E-state index contributed by atoms with van der Waals surface area (Å²) in [7, 11) is 1.55. The summed E-state index contributed by atoms with van der Waals surface area (Å²) in [5.74, 6) is 1.32. The van der Waals surface area contributed by atoms with Gasteiger partial charge in [-0.3, -0.25) is 9.78 Å². The minimum atomic E-state index is -0.276. The first kappa shape index (κ1) is 16.4. The molecule has 0 aliphatic heterocycles. The number of carbonyl (C=O) groups excluding carboxylic acids is 1. The van der Waals surface area contributed by atoms with Gasteiger partial charge in [0.25, 0.3) is 5.91 Å². The van der Waals surface area contributed by atoms with Gasteiger partial charge in [0.2, 0.25) is 0 Å². The summed E-state index contributed by atoms with van der Waals surface area (Å²) in [5.41, 5.74) is 1.39. The third kappa shape index (κ3) is 4.51. The predicted octanol–water partition coefficient (Wildman–Crippen LogP) is 2.74. The van der Waals surface area contributed by atoms with Gasteiger partial charge in [0.15, 0.2) is 5.82 Å². The Kier molecular flexibility index (Phi) is 5.16. The molecule has 0 atom stereocenters. The number of nitrogens with zero attached hydrogens (tertiary/aromatic N) is 3. The molecule has 0 aliphatic carbocycles. The van der Waals surface area contributed by atoms with Gasteiger partial charge in [0.05, 0.1) is 19.3 Å². The Hall–Kier alpha value is -3.48. The largest absolute Gasteiger partial charge is 0.497 e. The molecule has 1 amide bonds.